The van der Waals surface area contributed by atoms with Crippen LogP contribution in [-0.2, 0) is 0 Å². The van der Waals surface area contributed by atoms with E-state index in [2.05, 4.69) is 182 Å². The summed E-state index contributed by atoms with van der Waals surface area (Å²) in [7, 11) is 0. The second-order valence-electron chi connectivity index (χ2n) is 8.95. The van der Waals surface area contributed by atoms with Crippen LogP contribution in [0.2, 0.25) is 0 Å². The molecule has 0 aromatic heterocycles. The van der Waals surface area contributed by atoms with E-state index in [1.54, 1.807) is 0 Å². The van der Waals surface area contributed by atoms with Crippen molar-refractivity contribution >= 4 is 61.0 Å². The molecule has 0 atom stereocenters. The summed E-state index contributed by atoms with van der Waals surface area (Å²) in [6.07, 6.45) is 0. The molecule has 4 heteroatoms. The molecular formula is C36H34O2Sn2. The van der Waals surface area contributed by atoms with Crippen LogP contribution in [0.15, 0.2) is 182 Å². The van der Waals surface area contributed by atoms with Crippen LogP contribution in [0.3, 0.4) is 0 Å². The summed E-state index contributed by atoms with van der Waals surface area (Å²) in [5, 5.41) is 0. The molecule has 198 valence electrons. The van der Waals surface area contributed by atoms with Gasteiger partial charge >= 0.3 is 243 Å². The van der Waals surface area contributed by atoms with Crippen LogP contribution in [0.5, 0.6) is 0 Å². The zero-order valence-electron chi connectivity index (χ0n) is 22.3. The van der Waals surface area contributed by atoms with Crippen molar-refractivity contribution in [3.05, 3.63) is 182 Å². The zero-order valence-corrected chi connectivity index (χ0v) is 28.0. The van der Waals surface area contributed by atoms with Gasteiger partial charge in [-0.1, -0.05) is 0 Å². The first-order valence-electron chi connectivity index (χ1n) is 13.0. The standard InChI is InChI=1S/6C6H5.2H2O.2Sn/c6*1-2-4-6-5-3-1;;;;/h6*1-5H;2*1H2;;. The molecule has 0 aliphatic heterocycles. The molecule has 0 spiro atoms. The Morgan fingerprint density at radius 1 is 0.200 bits per heavy atom. The average molecular weight is 736 g/mol. The van der Waals surface area contributed by atoms with Crippen molar-refractivity contribution in [3.8, 4) is 0 Å². The molecule has 2 nitrogen and oxygen atoms in total. The molecular weight excluding hydrogens is 702 g/mol. The molecule has 6 aromatic rings. The van der Waals surface area contributed by atoms with Crippen LogP contribution in [-0.4, -0.2) is 50.5 Å². The van der Waals surface area contributed by atoms with Crippen LogP contribution >= 0.6 is 0 Å². The van der Waals surface area contributed by atoms with Gasteiger partial charge in [0.25, 0.3) is 0 Å². The summed E-state index contributed by atoms with van der Waals surface area (Å²) in [6.45, 7) is 0. The van der Waals surface area contributed by atoms with Crippen molar-refractivity contribution in [2.45, 2.75) is 0 Å². The Morgan fingerprint density at radius 3 is 0.450 bits per heavy atom. The Bertz CT molecular complexity index is 1180. The van der Waals surface area contributed by atoms with E-state index in [-0.39, 0.29) is 11.0 Å². The molecule has 2 radical (unpaired) electrons. The van der Waals surface area contributed by atoms with Gasteiger partial charge in [0.1, 0.15) is 0 Å². The molecule has 4 N–H and O–H groups in total. The minimum atomic E-state index is -1.98. The maximum atomic E-state index is 2.29. The third kappa shape index (κ3) is 8.42. The minimum absolute atomic E-state index is 0. The van der Waals surface area contributed by atoms with Gasteiger partial charge in [-0.05, 0) is 0 Å². The number of benzene rings is 6. The second kappa shape index (κ2) is 16.8. The Morgan fingerprint density at radius 2 is 0.325 bits per heavy atom. The first-order chi connectivity index (χ1) is 18.9. The van der Waals surface area contributed by atoms with Gasteiger partial charge < -0.3 is 11.0 Å². The SMILES string of the molecule is O.O.c1cc[c]([Sn]([c]2ccccc2)[c]2ccccc2)cc1.c1cc[c]([Sn]([c]2ccccc2)[c]2ccccc2)cc1. The molecule has 0 aliphatic carbocycles. The monoisotopic (exact) mass is 738 g/mol. The van der Waals surface area contributed by atoms with E-state index < -0.39 is 39.5 Å². The zero-order chi connectivity index (χ0) is 25.8. The van der Waals surface area contributed by atoms with Gasteiger partial charge in [0.15, 0.2) is 0 Å². The Balaban J connectivity index is 0.000000210. The van der Waals surface area contributed by atoms with E-state index in [1.165, 1.54) is 21.5 Å². The van der Waals surface area contributed by atoms with E-state index in [0.717, 1.165) is 0 Å². The molecule has 0 saturated carbocycles. The van der Waals surface area contributed by atoms with Crippen LogP contribution in [0.25, 0.3) is 0 Å². The van der Waals surface area contributed by atoms with Crippen molar-refractivity contribution in [2.24, 2.45) is 0 Å². The quantitative estimate of drug-likeness (QED) is 0.237. The summed E-state index contributed by atoms with van der Waals surface area (Å²) < 4.78 is 9.18. The van der Waals surface area contributed by atoms with Gasteiger partial charge in [-0.15, -0.1) is 0 Å². The third-order valence-electron chi connectivity index (χ3n) is 6.37. The molecule has 40 heavy (non-hydrogen) atoms. The Hall–Kier alpha value is -3.16. The van der Waals surface area contributed by atoms with Gasteiger partial charge in [0, 0.05) is 0 Å². The summed E-state index contributed by atoms with van der Waals surface area (Å²) in [5.41, 5.74) is 0. The number of rotatable bonds is 6. The fourth-order valence-corrected chi connectivity index (χ4v) is 19.3. The van der Waals surface area contributed by atoms with Crippen molar-refractivity contribution in [1.29, 1.82) is 0 Å². The van der Waals surface area contributed by atoms with Gasteiger partial charge in [0.2, 0.25) is 0 Å². The van der Waals surface area contributed by atoms with Crippen molar-refractivity contribution in [3.63, 3.8) is 0 Å². The summed E-state index contributed by atoms with van der Waals surface area (Å²) >= 11 is -3.96. The van der Waals surface area contributed by atoms with Gasteiger partial charge in [-0.3, -0.25) is 0 Å². The summed E-state index contributed by atoms with van der Waals surface area (Å²) in [5.74, 6) is 0. The number of hydrogen-bond donors (Lipinski definition) is 0. The molecule has 0 fully saturated rings. The van der Waals surface area contributed by atoms with Crippen LogP contribution in [0.1, 0.15) is 0 Å². The first-order valence-corrected chi connectivity index (χ1v) is 21.5. The van der Waals surface area contributed by atoms with Crippen molar-refractivity contribution in [1.82, 2.24) is 0 Å². The average Bonchev–Trinajstić information content (AvgIpc) is 3.01. The topological polar surface area (TPSA) is 63.0 Å². The van der Waals surface area contributed by atoms with Crippen molar-refractivity contribution in [2.75, 3.05) is 0 Å². The fraction of sp³-hybridized carbons (Fsp3) is 0. The van der Waals surface area contributed by atoms with Crippen LogP contribution in [0, 0.1) is 0 Å². The van der Waals surface area contributed by atoms with Gasteiger partial charge in [-0.2, -0.15) is 0 Å². The predicted octanol–water partition coefficient (Wildman–Crippen LogP) is 2.76. The molecule has 0 amide bonds. The van der Waals surface area contributed by atoms with E-state index >= 15 is 0 Å². The van der Waals surface area contributed by atoms with Gasteiger partial charge in [-0.25, -0.2) is 0 Å². The Labute approximate surface area is 252 Å². The molecule has 0 bridgehead atoms. The fourth-order valence-electron chi connectivity index (χ4n) is 4.63. The van der Waals surface area contributed by atoms with Crippen LogP contribution < -0.4 is 21.5 Å². The van der Waals surface area contributed by atoms with E-state index in [1.807, 2.05) is 0 Å². The normalized spacial score (nSPS) is 10.1. The molecule has 6 rings (SSSR count). The third-order valence-corrected chi connectivity index (χ3v) is 22.0. The van der Waals surface area contributed by atoms with E-state index in [4.69, 9.17) is 0 Å². The van der Waals surface area contributed by atoms with Gasteiger partial charge in [0.05, 0.1) is 0 Å². The molecule has 0 heterocycles. The molecule has 0 unspecified atom stereocenters. The Kier molecular flexibility index (Phi) is 13.2. The molecule has 0 saturated heterocycles. The van der Waals surface area contributed by atoms with E-state index in [9.17, 15) is 0 Å². The molecule has 6 aromatic carbocycles. The van der Waals surface area contributed by atoms with Crippen molar-refractivity contribution < 1.29 is 11.0 Å². The summed E-state index contributed by atoms with van der Waals surface area (Å²) in [4.78, 5) is 0. The van der Waals surface area contributed by atoms with Crippen LogP contribution in [0.4, 0.5) is 0 Å². The van der Waals surface area contributed by atoms with E-state index in [0.29, 0.717) is 0 Å². The number of hydrogen-bond acceptors (Lipinski definition) is 0. The maximum absolute atomic E-state index is 2.29. The summed E-state index contributed by atoms with van der Waals surface area (Å²) in [6, 6.07) is 65.9. The first kappa shape index (κ1) is 31.4. The second-order valence-corrected chi connectivity index (χ2v) is 23.1. The predicted molar refractivity (Wildman–Crippen MR) is 175 cm³/mol. The molecule has 0 aliphatic rings.